The van der Waals surface area contributed by atoms with E-state index in [1.807, 2.05) is 62.4 Å². The summed E-state index contributed by atoms with van der Waals surface area (Å²) in [5.74, 6) is 0.741. The van der Waals surface area contributed by atoms with Crippen molar-refractivity contribution < 1.29 is 0 Å². The summed E-state index contributed by atoms with van der Waals surface area (Å²) in [5.41, 5.74) is 4.26. The zero-order chi connectivity index (χ0) is 17.6. The van der Waals surface area contributed by atoms with E-state index in [4.69, 9.17) is 5.26 Å². The molecule has 0 unspecified atom stereocenters. The third-order valence-corrected chi connectivity index (χ3v) is 3.77. The van der Waals surface area contributed by atoms with E-state index < -0.39 is 0 Å². The first-order valence-corrected chi connectivity index (χ1v) is 8.11. The average molecular weight is 329 g/mol. The summed E-state index contributed by atoms with van der Waals surface area (Å²) in [4.78, 5) is 15.7. The lowest BCUT2D eigenvalue weighted by Gasteiger charge is -2.23. The van der Waals surface area contributed by atoms with Crippen LogP contribution in [0.5, 0.6) is 0 Å². The van der Waals surface area contributed by atoms with Crippen LogP contribution < -0.4 is 4.90 Å². The highest BCUT2D eigenvalue weighted by Crippen LogP contribution is 2.17. The molecule has 3 aromatic rings. The number of aryl methyl sites for hydroxylation is 2. The Balaban J connectivity index is 1.93. The first kappa shape index (κ1) is 16.6. The van der Waals surface area contributed by atoms with E-state index in [0.29, 0.717) is 18.8 Å². The second-order valence-electron chi connectivity index (χ2n) is 5.89. The van der Waals surface area contributed by atoms with Crippen molar-refractivity contribution in [1.29, 1.82) is 5.26 Å². The second kappa shape index (κ2) is 7.54. The van der Waals surface area contributed by atoms with Crippen LogP contribution in [0.1, 0.15) is 28.5 Å². The number of rotatable bonds is 5. The summed E-state index contributed by atoms with van der Waals surface area (Å²) in [6.45, 7) is 5.15. The number of hydrogen-bond donors (Lipinski definition) is 0. The zero-order valence-corrected chi connectivity index (χ0v) is 14.3. The fourth-order valence-electron chi connectivity index (χ4n) is 2.65. The van der Waals surface area contributed by atoms with Crippen molar-refractivity contribution in [2.75, 3.05) is 4.90 Å². The lowest BCUT2D eigenvalue weighted by Crippen LogP contribution is -2.24. The Morgan fingerprint density at radius 2 is 1.36 bits per heavy atom. The number of nitrogens with zero attached hydrogens (tertiary/aromatic N) is 5. The first-order valence-electron chi connectivity index (χ1n) is 8.11. The van der Waals surface area contributed by atoms with Gasteiger partial charge in [0.2, 0.25) is 0 Å². The molecular weight excluding hydrogens is 310 g/mol. The van der Waals surface area contributed by atoms with Crippen LogP contribution in [0.25, 0.3) is 0 Å². The van der Waals surface area contributed by atoms with Gasteiger partial charge >= 0.3 is 0 Å². The fraction of sp³-hybridized carbons (Fsp3) is 0.200. The summed E-state index contributed by atoms with van der Waals surface area (Å²) in [5, 5.41) is 9.14. The molecule has 0 saturated heterocycles. The van der Waals surface area contributed by atoms with Gasteiger partial charge in [0.05, 0.1) is 24.5 Å². The Hall–Kier alpha value is -3.26. The standard InChI is InChI=1S/C20H19N5/c1-15-6-3-9-18(22-15)13-25(14-19-10-4-7-16(2)23-19)20-11-5-8-17(12-21)24-20/h3-11H,13-14H2,1-2H3. The molecule has 0 saturated carbocycles. The van der Waals surface area contributed by atoms with E-state index in [9.17, 15) is 0 Å². The third-order valence-electron chi connectivity index (χ3n) is 3.77. The van der Waals surface area contributed by atoms with Gasteiger partial charge in [-0.2, -0.15) is 5.26 Å². The lowest BCUT2D eigenvalue weighted by molar-refractivity contribution is 0.747. The molecule has 0 N–H and O–H groups in total. The van der Waals surface area contributed by atoms with Crippen molar-refractivity contribution in [3.8, 4) is 6.07 Å². The molecule has 25 heavy (non-hydrogen) atoms. The number of nitriles is 1. The number of hydrogen-bond acceptors (Lipinski definition) is 5. The summed E-state index contributed by atoms with van der Waals surface area (Å²) in [6.07, 6.45) is 0. The van der Waals surface area contributed by atoms with Gasteiger partial charge in [-0.3, -0.25) is 9.97 Å². The maximum absolute atomic E-state index is 9.14. The quantitative estimate of drug-likeness (QED) is 0.716. The van der Waals surface area contributed by atoms with Crippen LogP contribution in [-0.4, -0.2) is 15.0 Å². The van der Waals surface area contributed by atoms with Crippen LogP contribution >= 0.6 is 0 Å². The van der Waals surface area contributed by atoms with Gasteiger partial charge in [-0.25, -0.2) is 4.98 Å². The molecule has 0 bridgehead atoms. The van der Waals surface area contributed by atoms with Crippen molar-refractivity contribution in [2.24, 2.45) is 0 Å². The minimum atomic E-state index is 0.400. The smallest absolute Gasteiger partial charge is 0.142 e. The summed E-state index contributed by atoms with van der Waals surface area (Å²) < 4.78 is 0. The van der Waals surface area contributed by atoms with Gasteiger partial charge in [0.25, 0.3) is 0 Å². The van der Waals surface area contributed by atoms with Crippen molar-refractivity contribution in [1.82, 2.24) is 15.0 Å². The monoisotopic (exact) mass is 329 g/mol. The molecule has 5 heteroatoms. The molecule has 0 aliphatic rings. The van der Waals surface area contributed by atoms with Crippen LogP contribution in [0.2, 0.25) is 0 Å². The van der Waals surface area contributed by atoms with Crippen LogP contribution in [0.3, 0.4) is 0 Å². The Morgan fingerprint density at radius 3 is 1.88 bits per heavy atom. The van der Waals surface area contributed by atoms with E-state index >= 15 is 0 Å². The molecule has 0 fully saturated rings. The summed E-state index contributed by atoms with van der Waals surface area (Å²) in [7, 11) is 0. The normalized spacial score (nSPS) is 10.3. The van der Waals surface area contributed by atoms with E-state index in [0.717, 1.165) is 28.6 Å². The van der Waals surface area contributed by atoms with Gasteiger partial charge in [0, 0.05) is 11.4 Å². The van der Waals surface area contributed by atoms with Crippen molar-refractivity contribution in [3.63, 3.8) is 0 Å². The molecule has 0 amide bonds. The minimum absolute atomic E-state index is 0.400. The Labute approximate surface area is 147 Å². The Bertz CT molecular complexity index is 866. The SMILES string of the molecule is Cc1cccc(CN(Cc2cccc(C)n2)c2cccc(C#N)n2)n1. The van der Waals surface area contributed by atoms with E-state index in [2.05, 4.69) is 25.9 Å². The molecule has 0 aliphatic carbocycles. The van der Waals surface area contributed by atoms with Crippen LogP contribution in [0.4, 0.5) is 5.82 Å². The van der Waals surface area contributed by atoms with E-state index in [1.54, 1.807) is 6.07 Å². The maximum atomic E-state index is 9.14. The van der Waals surface area contributed by atoms with Crippen molar-refractivity contribution in [2.45, 2.75) is 26.9 Å². The van der Waals surface area contributed by atoms with Gasteiger partial charge in [-0.1, -0.05) is 18.2 Å². The predicted octanol–water partition coefficient (Wildman–Crippen LogP) is 3.57. The van der Waals surface area contributed by atoms with E-state index in [1.165, 1.54) is 0 Å². The highest BCUT2D eigenvalue weighted by Gasteiger charge is 2.12. The number of aromatic nitrogens is 3. The molecule has 3 heterocycles. The predicted molar refractivity (Wildman–Crippen MR) is 96.8 cm³/mol. The maximum Gasteiger partial charge on any atom is 0.142 e. The third kappa shape index (κ3) is 4.39. The molecule has 3 aromatic heterocycles. The highest BCUT2D eigenvalue weighted by atomic mass is 15.2. The molecule has 3 rings (SSSR count). The summed E-state index contributed by atoms with van der Waals surface area (Å²) >= 11 is 0. The molecule has 0 spiro atoms. The summed E-state index contributed by atoms with van der Waals surface area (Å²) in [6, 6.07) is 19.5. The van der Waals surface area contributed by atoms with Gasteiger partial charge in [-0.05, 0) is 50.2 Å². The second-order valence-corrected chi connectivity index (χ2v) is 5.89. The van der Waals surface area contributed by atoms with Crippen molar-refractivity contribution in [3.05, 3.63) is 83.1 Å². The molecule has 0 aromatic carbocycles. The van der Waals surface area contributed by atoms with Crippen molar-refractivity contribution >= 4 is 5.82 Å². The number of anilines is 1. The fourth-order valence-corrected chi connectivity index (χ4v) is 2.65. The minimum Gasteiger partial charge on any atom is -0.345 e. The molecule has 0 radical (unpaired) electrons. The van der Waals surface area contributed by atoms with Crippen LogP contribution in [0, 0.1) is 25.2 Å². The lowest BCUT2D eigenvalue weighted by atomic mass is 10.2. The topological polar surface area (TPSA) is 65.7 Å². The zero-order valence-electron chi connectivity index (χ0n) is 14.3. The van der Waals surface area contributed by atoms with Crippen LogP contribution in [-0.2, 0) is 13.1 Å². The number of pyridine rings is 3. The molecule has 124 valence electrons. The molecule has 0 aliphatic heterocycles. The average Bonchev–Trinajstić information content (AvgIpc) is 2.61. The molecule has 0 atom stereocenters. The van der Waals surface area contributed by atoms with Gasteiger partial charge < -0.3 is 4.90 Å². The van der Waals surface area contributed by atoms with Gasteiger partial charge in [-0.15, -0.1) is 0 Å². The largest absolute Gasteiger partial charge is 0.345 e. The van der Waals surface area contributed by atoms with Gasteiger partial charge in [0.1, 0.15) is 17.6 Å². The highest BCUT2D eigenvalue weighted by molar-refractivity contribution is 5.42. The molecular formula is C20H19N5. The van der Waals surface area contributed by atoms with Crippen LogP contribution in [0.15, 0.2) is 54.6 Å². The first-order chi connectivity index (χ1) is 12.1. The van der Waals surface area contributed by atoms with Gasteiger partial charge in [0.15, 0.2) is 0 Å². The Morgan fingerprint density at radius 1 is 0.800 bits per heavy atom. The van der Waals surface area contributed by atoms with E-state index in [-0.39, 0.29) is 0 Å². The Kier molecular flexibility index (Phi) is 5.00. The molecule has 5 nitrogen and oxygen atoms in total.